The van der Waals surface area contributed by atoms with Gasteiger partial charge in [0.15, 0.2) is 23.1 Å². The maximum atomic E-state index is 6.29. The number of oxazole rings is 1. The molecular formula is C46H30N4O2S. The quantitative estimate of drug-likeness (QED) is 0.178. The van der Waals surface area contributed by atoms with Crippen LogP contribution in [0.15, 0.2) is 142 Å². The Balaban J connectivity index is 1.04. The molecule has 0 aliphatic heterocycles. The molecule has 0 bridgehead atoms. The summed E-state index contributed by atoms with van der Waals surface area (Å²) in [5.74, 6) is 2.84. The molecule has 2 aliphatic carbocycles. The second kappa shape index (κ2) is 12.1. The molecule has 7 heteroatoms. The van der Waals surface area contributed by atoms with E-state index in [0.717, 1.165) is 74.2 Å². The Labute approximate surface area is 307 Å². The molecule has 0 N–H and O–H groups in total. The van der Waals surface area contributed by atoms with E-state index in [1.54, 1.807) is 0 Å². The second-order valence-corrected chi connectivity index (χ2v) is 14.7. The summed E-state index contributed by atoms with van der Waals surface area (Å²) >= 11 is 1.84. The van der Waals surface area contributed by atoms with Crippen molar-refractivity contribution in [2.24, 2.45) is 0 Å². The zero-order chi connectivity index (χ0) is 34.9. The van der Waals surface area contributed by atoms with Crippen LogP contribution in [0.25, 0.3) is 82.3 Å². The SMILES string of the molecule is C1=CC(c2nc(C3=c4c(oc5ccccc45)=CCC3)nc(-c3ccccc3)n2)=CC(c2cccc3c2sc2ccc(-c4nc5ccccc5o4)cc23)C1. The summed E-state index contributed by atoms with van der Waals surface area (Å²) in [7, 11) is 0. The molecule has 0 amide bonds. The number of thiophene rings is 1. The average molecular weight is 703 g/mol. The molecule has 252 valence electrons. The molecule has 1 unspecified atom stereocenters. The summed E-state index contributed by atoms with van der Waals surface area (Å²) < 4.78 is 15.0. The molecule has 2 aliphatic rings. The van der Waals surface area contributed by atoms with E-state index in [0.29, 0.717) is 23.4 Å². The zero-order valence-electron chi connectivity index (χ0n) is 28.5. The lowest BCUT2D eigenvalue weighted by Gasteiger charge is -2.18. The van der Waals surface area contributed by atoms with E-state index in [2.05, 4.69) is 85.0 Å². The van der Waals surface area contributed by atoms with E-state index < -0.39 is 0 Å². The second-order valence-electron chi connectivity index (χ2n) is 13.6. The number of rotatable bonds is 5. The fraction of sp³-hybridized carbons (Fsp3) is 0.0870. The van der Waals surface area contributed by atoms with E-state index >= 15 is 0 Å². The van der Waals surface area contributed by atoms with E-state index in [4.69, 9.17) is 28.8 Å². The van der Waals surface area contributed by atoms with Crippen LogP contribution in [0, 0.1) is 0 Å². The third kappa shape index (κ3) is 5.07. The first-order chi connectivity index (χ1) is 26.2. The normalized spacial score (nSPS) is 15.7. The van der Waals surface area contributed by atoms with Crippen molar-refractivity contribution in [3.8, 4) is 22.8 Å². The van der Waals surface area contributed by atoms with Crippen molar-refractivity contribution in [2.75, 3.05) is 0 Å². The Bertz CT molecular complexity index is 3080. The maximum Gasteiger partial charge on any atom is 0.227 e. The molecule has 11 rings (SSSR count). The summed E-state index contributed by atoms with van der Waals surface area (Å²) in [5.41, 5.74) is 8.77. The average Bonchev–Trinajstić information content (AvgIpc) is 3.94. The minimum absolute atomic E-state index is 0.157. The molecule has 0 spiro atoms. The third-order valence-corrected chi connectivity index (χ3v) is 11.6. The molecule has 4 heterocycles. The number of nitrogens with zero attached hydrogens (tertiary/aromatic N) is 4. The van der Waals surface area contributed by atoms with E-state index in [-0.39, 0.29) is 5.92 Å². The third-order valence-electron chi connectivity index (χ3n) is 10.4. The molecular weight excluding hydrogens is 673 g/mol. The van der Waals surface area contributed by atoms with Gasteiger partial charge in [0.05, 0.1) is 0 Å². The highest BCUT2D eigenvalue weighted by Crippen LogP contribution is 2.43. The number of furan rings is 1. The molecule has 0 fully saturated rings. The van der Waals surface area contributed by atoms with Crippen molar-refractivity contribution in [3.05, 3.63) is 161 Å². The number of benzene rings is 5. The fourth-order valence-corrected chi connectivity index (χ4v) is 9.12. The Morgan fingerprint density at radius 2 is 1.45 bits per heavy atom. The van der Waals surface area contributed by atoms with Gasteiger partial charge in [0.1, 0.15) is 16.5 Å². The van der Waals surface area contributed by atoms with Crippen LogP contribution in [0.5, 0.6) is 0 Å². The van der Waals surface area contributed by atoms with Gasteiger partial charge in [0.2, 0.25) is 5.89 Å². The van der Waals surface area contributed by atoms with Gasteiger partial charge in [0, 0.05) is 59.0 Å². The van der Waals surface area contributed by atoms with Crippen molar-refractivity contribution in [1.82, 2.24) is 19.9 Å². The fourth-order valence-electron chi connectivity index (χ4n) is 7.86. The minimum Gasteiger partial charge on any atom is -0.456 e. The maximum absolute atomic E-state index is 6.29. The number of fused-ring (bicyclic) bond motifs is 7. The summed E-state index contributed by atoms with van der Waals surface area (Å²) in [6.07, 6.45) is 11.5. The van der Waals surface area contributed by atoms with Crippen LogP contribution in [-0.2, 0) is 0 Å². The Kier molecular flexibility index (Phi) is 6.88. The topological polar surface area (TPSA) is 77.8 Å². The lowest BCUT2D eigenvalue weighted by atomic mass is 9.88. The lowest BCUT2D eigenvalue weighted by Crippen LogP contribution is -2.27. The lowest BCUT2D eigenvalue weighted by molar-refractivity contribution is 0.571. The molecule has 1 atom stereocenters. The Morgan fingerprint density at radius 1 is 0.642 bits per heavy atom. The first kappa shape index (κ1) is 30.2. The summed E-state index contributed by atoms with van der Waals surface area (Å²) in [5, 5.41) is 4.63. The van der Waals surface area contributed by atoms with Crippen molar-refractivity contribution in [2.45, 2.75) is 25.2 Å². The largest absolute Gasteiger partial charge is 0.456 e. The summed E-state index contributed by atoms with van der Waals surface area (Å²) in [6, 6.07) is 39.5. The number of allylic oxidation sites excluding steroid dienone is 4. The number of hydrogen-bond donors (Lipinski definition) is 0. The van der Waals surface area contributed by atoms with Crippen LogP contribution in [-0.4, -0.2) is 19.9 Å². The van der Waals surface area contributed by atoms with Crippen LogP contribution in [0.1, 0.15) is 42.4 Å². The highest BCUT2D eigenvalue weighted by molar-refractivity contribution is 7.26. The van der Waals surface area contributed by atoms with Gasteiger partial charge < -0.3 is 8.83 Å². The van der Waals surface area contributed by atoms with E-state index in [9.17, 15) is 0 Å². The number of aromatic nitrogens is 4. The van der Waals surface area contributed by atoms with Gasteiger partial charge in [-0.2, -0.15) is 0 Å². The van der Waals surface area contributed by atoms with Gasteiger partial charge in [0.25, 0.3) is 0 Å². The smallest absolute Gasteiger partial charge is 0.227 e. The van der Waals surface area contributed by atoms with Crippen LogP contribution >= 0.6 is 11.3 Å². The standard InChI is InChI=1S/C46H30N4O2S/c1-2-11-27(12-3-1)43-48-44(50-45(49-43)34-18-10-22-39-41(34)33-15-4-6-20-37(33)51-39)29-14-8-13-28(25-29)31-16-9-17-32-35-26-30(23-24-40(35)53-42(31)32)46-47-36-19-5-7-21-38(36)52-46/h1-9,11-12,14-17,19-26,28H,10,13,18H2. The monoisotopic (exact) mass is 702 g/mol. The van der Waals surface area contributed by atoms with Crippen molar-refractivity contribution in [3.63, 3.8) is 0 Å². The number of para-hydroxylation sites is 3. The van der Waals surface area contributed by atoms with Gasteiger partial charge in [-0.25, -0.2) is 19.9 Å². The summed E-state index contributed by atoms with van der Waals surface area (Å²) in [6.45, 7) is 0. The van der Waals surface area contributed by atoms with Gasteiger partial charge in [-0.3, -0.25) is 0 Å². The van der Waals surface area contributed by atoms with Gasteiger partial charge in [-0.1, -0.05) is 97.1 Å². The van der Waals surface area contributed by atoms with Crippen molar-refractivity contribution >= 4 is 70.8 Å². The Hall–Kier alpha value is -6.44. The van der Waals surface area contributed by atoms with Crippen LogP contribution in [0.2, 0.25) is 0 Å². The highest BCUT2D eigenvalue weighted by atomic mass is 32.1. The Morgan fingerprint density at radius 3 is 2.38 bits per heavy atom. The van der Waals surface area contributed by atoms with Gasteiger partial charge in [-0.05, 0) is 67.3 Å². The first-order valence-corrected chi connectivity index (χ1v) is 18.8. The first-order valence-electron chi connectivity index (χ1n) is 18.0. The molecule has 6 nitrogen and oxygen atoms in total. The summed E-state index contributed by atoms with van der Waals surface area (Å²) in [4.78, 5) is 20.2. The molecule has 0 saturated heterocycles. The molecule has 0 saturated carbocycles. The number of hydrogen-bond acceptors (Lipinski definition) is 7. The van der Waals surface area contributed by atoms with Gasteiger partial charge in [-0.15, -0.1) is 11.3 Å². The predicted octanol–water partition coefficient (Wildman–Crippen LogP) is 10.4. The van der Waals surface area contributed by atoms with Crippen molar-refractivity contribution < 1.29 is 8.83 Å². The van der Waals surface area contributed by atoms with Gasteiger partial charge >= 0.3 is 0 Å². The molecule has 0 radical (unpaired) electrons. The zero-order valence-corrected chi connectivity index (χ0v) is 29.3. The molecule has 5 aromatic carbocycles. The predicted molar refractivity (Wildman–Crippen MR) is 214 cm³/mol. The van der Waals surface area contributed by atoms with Crippen LogP contribution < -0.4 is 10.6 Å². The van der Waals surface area contributed by atoms with Crippen LogP contribution in [0.3, 0.4) is 0 Å². The molecule has 4 aromatic heterocycles. The molecule has 53 heavy (non-hydrogen) atoms. The highest BCUT2D eigenvalue weighted by Gasteiger charge is 2.23. The van der Waals surface area contributed by atoms with Crippen LogP contribution in [0.4, 0.5) is 0 Å². The molecule has 9 aromatic rings. The van der Waals surface area contributed by atoms with Crippen molar-refractivity contribution in [1.29, 1.82) is 0 Å². The minimum atomic E-state index is 0.157. The van der Waals surface area contributed by atoms with E-state index in [1.807, 2.05) is 65.9 Å². The van der Waals surface area contributed by atoms with E-state index in [1.165, 1.54) is 25.7 Å².